The molecule has 3 aromatic rings. The summed E-state index contributed by atoms with van der Waals surface area (Å²) >= 11 is 0. The maximum atomic E-state index is 12.7. The number of nitrogens with one attached hydrogen (secondary N) is 2. The zero-order valence-electron chi connectivity index (χ0n) is 19.8. The van der Waals surface area contributed by atoms with Crippen molar-refractivity contribution in [1.29, 1.82) is 0 Å². The normalized spacial score (nSPS) is 14.5. The fourth-order valence-electron chi connectivity index (χ4n) is 4.09. The number of hydrogen-bond donors (Lipinski definition) is 4. The van der Waals surface area contributed by atoms with E-state index in [4.69, 9.17) is 11.5 Å². The van der Waals surface area contributed by atoms with E-state index in [1.54, 1.807) is 42.6 Å². The van der Waals surface area contributed by atoms with Crippen molar-refractivity contribution in [3.63, 3.8) is 0 Å². The number of aromatic nitrogens is 1. The number of anilines is 2. The third kappa shape index (κ3) is 5.62. The molecule has 0 aliphatic carbocycles. The van der Waals surface area contributed by atoms with E-state index < -0.39 is 5.91 Å². The molecule has 2 aromatic carbocycles. The monoisotopic (exact) mass is 470 g/mol. The van der Waals surface area contributed by atoms with Gasteiger partial charge in [-0.1, -0.05) is 18.7 Å². The molecule has 0 radical (unpaired) electrons. The quantitative estimate of drug-likeness (QED) is 0.421. The third-order valence-corrected chi connectivity index (χ3v) is 6.12. The minimum atomic E-state index is -0.535. The molecule has 8 heteroatoms. The van der Waals surface area contributed by atoms with Crippen molar-refractivity contribution in [1.82, 2.24) is 9.88 Å². The number of rotatable bonds is 7. The first kappa shape index (κ1) is 23.8. The molecule has 1 saturated heterocycles. The van der Waals surface area contributed by atoms with Gasteiger partial charge in [-0.25, -0.2) is 0 Å². The minimum absolute atomic E-state index is 0.288. The third-order valence-electron chi connectivity index (χ3n) is 6.12. The van der Waals surface area contributed by atoms with Crippen LogP contribution in [0.4, 0.5) is 11.4 Å². The summed E-state index contributed by atoms with van der Waals surface area (Å²) in [5.41, 5.74) is 16.2. The largest absolute Gasteiger partial charge is 0.398 e. The number of nitrogens with zero attached hydrogens (tertiary/aromatic N) is 2. The summed E-state index contributed by atoms with van der Waals surface area (Å²) in [6.07, 6.45) is 3.25. The van der Waals surface area contributed by atoms with Gasteiger partial charge in [0.25, 0.3) is 5.56 Å². The number of pyridine rings is 1. The molecule has 8 nitrogen and oxygen atoms in total. The highest BCUT2D eigenvalue weighted by Crippen LogP contribution is 2.24. The van der Waals surface area contributed by atoms with Crippen LogP contribution in [0, 0.1) is 0 Å². The lowest BCUT2D eigenvalue weighted by molar-refractivity contribution is 0.1000. The van der Waals surface area contributed by atoms with Gasteiger partial charge >= 0.3 is 0 Å². The molecule has 1 amide bonds. The molecule has 1 fully saturated rings. The van der Waals surface area contributed by atoms with Crippen LogP contribution >= 0.6 is 0 Å². The van der Waals surface area contributed by atoms with Crippen LogP contribution in [-0.2, 0) is 0 Å². The Morgan fingerprint density at radius 3 is 2.40 bits per heavy atom. The fourth-order valence-corrected chi connectivity index (χ4v) is 4.09. The standard InChI is InChI=1S/C27H30N6O2/c1-18(31-22-6-8-23(9-7-22)33-14-12-32(2)13-15-33)25-20(10-11-30-27(25)35)17-24(28)19-4-3-5-21(16-19)26(29)34/h3-11,16-17,31H,1,12-15,28H2,2H3,(H2,29,34)(H,30,35)/b24-17-. The van der Waals surface area contributed by atoms with Crippen molar-refractivity contribution in [3.8, 4) is 0 Å². The van der Waals surface area contributed by atoms with E-state index in [-0.39, 0.29) is 5.56 Å². The Morgan fingerprint density at radius 1 is 1.03 bits per heavy atom. The first-order chi connectivity index (χ1) is 16.8. The van der Waals surface area contributed by atoms with Crippen molar-refractivity contribution < 1.29 is 4.79 Å². The van der Waals surface area contributed by atoms with Crippen LogP contribution in [0.5, 0.6) is 0 Å². The lowest BCUT2D eigenvalue weighted by Crippen LogP contribution is -2.44. The molecule has 35 heavy (non-hydrogen) atoms. The van der Waals surface area contributed by atoms with Crippen LogP contribution in [-0.4, -0.2) is 49.0 Å². The number of amides is 1. The smallest absolute Gasteiger partial charge is 0.257 e. The highest BCUT2D eigenvalue weighted by Gasteiger charge is 2.15. The summed E-state index contributed by atoms with van der Waals surface area (Å²) in [7, 11) is 2.14. The van der Waals surface area contributed by atoms with Gasteiger partial charge in [0.1, 0.15) is 0 Å². The van der Waals surface area contributed by atoms with E-state index in [0.717, 1.165) is 31.9 Å². The van der Waals surface area contributed by atoms with Gasteiger partial charge in [0.05, 0.1) is 5.56 Å². The predicted octanol–water partition coefficient (Wildman–Crippen LogP) is 2.77. The topological polar surface area (TPSA) is 120 Å². The molecule has 0 atom stereocenters. The Labute approximate surface area is 204 Å². The van der Waals surface area contributed by atoms with Crippen molar-refractivity contribution in [3.05, 3.63) is 100.0 Å². The number of primary amides is 1. The van der Waals surface area contributed by atoms with Crippen LogP contribution in [0.2, 0.25) is 0 Å². The van der Waals surface area contributed by atoms with Gasteiger partial charge in [0.2, 0.25) is 5.91 Å². The lowest BCUT2D eigenvalue weighted by atomic mass is 10.0. The van der Waals surface area contributed by atoms with Crippen molar-refractivity contribution in [2.24, 2.45) is 11.5 Å². The second-order valence-corrected chi connectivity index (χ2v) is 8.62. The van der Waals surface area contributed by atoms with E-state index in [1.165, 1.54) is 5.69 Å². The first-order valence-electron chi connectivity index (χ1n) is 11.4. The summed E-state index contributed by atoms with van der Waals surface area (Å²) in [5, 5.41) is 3.24. The van der Waals surface area contributed by atoms with Gasteiger partial charge in [-0.05, 0) is 66.7 Å². The summed E-state index contributed by atoms with van der Waals surface area (Å²) in [6.45, 7) is 8.17. The zero-order chi connectivity index (χ0) is 24.9. The number of aromatic amines is 1. The summed E-state index contributed by atoms with van der Waals surface area (Å²) in [6, 6.07) is 16.6. The molecule has 1 aliphatic rings. The Hall–Kier alpha value is -4.30. The molecule has 6 N–H and O–H groups in total. The molecule has 1 aromatic heterocycles. The predicted molar refractivity (Wildman–Crippen MR) is 143 cm³/mol. The van der Waals surface area contributed by atoms with Crippen molar-refractivity contribution in [2.75, 3.05) is 43.4 Å². The second kappa shape index (κ2) is 10.3. The molecule has 1 aliphatic heterocycles. The Bertz CT molecular complexity index is 1320. The van der Waals surface area contributed by atoms with Crippen LogP contribution < -0.4 is 27.2 Å². The molecule has 0 bridgehead atoms. The van der Waals surface area contributed by atoms with E-state index in [2.05, 4.69) is 45.9 Å². The molecule has 0 saturated carbocycles. The van der Waals surface area contributed by atoms with Crippen LogP contribution in [0.1, 0.15) is 27.0 Å². The van der Waals surface area contributed by atoms with Gasteiger partial charge in [-0.15, -0.1) is 0 Å². The number of hydrogen-bond acceptors (Lipinski definition) is 6. The number of H-pyrrole nitrogens is 1. The SMILES string of the molecule is C=C(Nc1ccc(N2CCN(C)CC2)cc1)c1c(/C=C(\N)c2cccc(C(N)=O)c2)cc[nH]c1=O. The highest BCUT2D eigenvalue weighted by atomic mass is 16.1. The molecule has 0 unspecified atom stereocenters. The van der Waals surface area contributed by atoms with Crippen molar-refractivity contribution >= 4 is 34.8 Å². The summed E-state index contributed by atoms with van der Waals surface area (Å²) in [4.78, 5) is 31.6. The highest BCUT2D eigenvalue weighted by molar-refractivity contribution is 5.94. The van der Waals surface area contributed by atoms with Crippen LogP contribution in [0.15, 0.2) is 72.2 Å². The number of likely N-dealkylation sites (N-methyl/N-ethyl adjacent to an activating group) is 1. The Morgan fingerprint density at radius 2 is 1.71 bits per heavy atom. The molecule has 0 spiro atoms. The number of benzene rings is 2. The second-order valence-electron chi connectivity index (χ2n) is 8.62. The van der Waals surface area contributed by atoms with E-state index in [9.17, 15) is 9.59 Å². The number of nitrogens with two attached hydrogens (primary N) is 2. The number of piperazine rings is 1. The number of carbonyl (C=O) groups is 1. The maximum Gasteiger partial charge on any atom is 0.257 e. The van der Waals surface area contributed by atoms with E-state index >= 15 is 0 Å². The number of carbonyl (C=O) groups excluding carboxylic acids is 1. The average Bonchev–Trinajstić information content (AvgIpc) is 2.85. The zero-order valence-corrected chi connectivity index (χ0v) is 19.8. The minimum Gasteiger partial charge on any atom is -0.398 e. The van der Waals surface area contributed by atoms with E-state index in [0.29, 0.717) is 33.6 Å². The van der Waals surface area contributed by atoms with Crippen molar-refractivity contribution in [2.45, 2.75) is 0 Å². The fraction of sp³-hybridized carbons (Fsp3) is 0.185. The molecule has 180 valence electrons. The summed E-state index contributed by atoms with van der Waals surface area (Å²) < 4.78 is 0. The van der Waals surface area contributed by atoms with Gasteiger partial charge in [0, 0.05) is 60.7 Å². The molecule has 4 rings (SSSR count). The molecular formula is C27H30N6O2. The Kier molecular flexibility index (Phi) is 7.03. The molecule has 2 heterocycles. The van der Waals surface area contributed by atoms with Crippen LogP contribution in [0.3, 0.4) is 0 Å². The van der Waals surface area contributed by atoms with Crippen LogP contribution in [0.25, 0.3) is 17.5 Å². The first-order valence-corrected chi connectivity index (χ1v) is 11.4. The van der Waals surface area contributed by atoms with Gasteiger partial charge in [-0.3, -0.25) is 9.59 Å². The summed E-state index contributed by atoms with van der Waals surface area (Å²) in [5.74, 6) is -0.535. The Balaban J connectivity index is 1.55. The lowest BCUT2D eigenvalue weighted by Gasteiger charge is -2.34. The van der Waals surface area contributed by atoms with Gasteiger partial charge < -0.3 is 31.6 Å². The van der Waals surface area contributed by atoms with E-state index in [1.807, 2.05) is 12.1 Å². The average molecular weight is 471 g/mol. The maximum absolute atomic E-state index is 12.7. The molecular weight excluding hydrogens is 440 g/mol. The van der Waals surface area contributed by atoms with Gasteiger partial charge in [0.15, 0.2) is 0 Å². The van der Waals surface area contributed by atoms with Gasteiger partial charge in [-0.2, -0.15) is 0 Å².